The Bertz CT molecular complexity index is 427. The molecule has 19 heavy (non-hydrogen) atoms. The van der Waals surface area contributed by atoms with Crippen molar-refractivity contribution in [3.63, 3.8) is 0 Å². The number of nitrogens with one attached hydrogen (secondary N) is 1. The molecular weight excluding hydrogens is 246 g/mol. The highest BCUT2D eigenvalue weighted by atomic mass is 16.5. The molecule has 6 heteroatoms. The average Bonchev–Trinajstić information content (AvgIpc) is 2.69. The lowest BCUT2D eigenvalue weighted by molar-refractivity contribution is 0.0695. The van der Waals surface area contributed by atoms with Crippen LogP contribution in [0.1, 0.15) is 36.3 Å². The number of hydrogen-bond donors (Lipinski definition) is 2. The predicted molar refractivity (Wildman–Crippen MR) is 72.1 cm³/mol. The van der Waals surface area contributed by atoms with Crippen LogP contribution in [0.5, 0.6) is 0 Å². The van der Waals surface area contributed by atoms with E-state index in [9.17, 15) is 4.79 Å². The molecule has 1 aromatic rings. The van der Waals surface area contributed by atoms with E-state index in [0.717, 1.165) is 19.6 Å². The zero-order valence-corrected chi connectivity index (χ0v) is 12.1. The van der Waals surface area contributed by atoms with Gasteiger partial charge in [0, 0.05) is 33.9 Å². The molecule has 0 aliphatic heterocycles. The molecule has 0 saturated carbocycles. The fourth-order valence-electron chi connectivity index (χ4n) is 1.84. The molecule has 0 fully saturated rings. The van der Waals surface area contributed by atoms with Crippen LogP contribution in [0.2, 0.25) is 0 Å². The van der Waals surface area contributed by atoms with Crippen LogP contribution >= 0.6 is 0 Å². The molecule has 0 amide bonds. The highest BCUT2D eigenvalue weighted by Crippen LogP contribution is 2.19. The smallest absolute Gasteiger partial charge is 0.339 e. The molecule has 0 bridgehead atoms. The van der Waals surface area contributed by atoms with Crippen LogP contribution in [0.25, 0.3) is 0 Å². The van der Waals surface area contributed by atoms with Crippen LogP contribution in [-0.4, -0.2) is 41.1 Å². The summed E-state index contributed by atoms with van der Waals surface area (Å²) in [7, 11) is 3.44. The summed E-state index contributed by atoms with van der Waals surface area (Å²) in [5.41, 5.74) is 1.05. The highest BCUT2D eigenvalue weighted by molar-refractivity contribution is 5.88. The van der Waals surface area contributed by atoms with E-state index >= 15 is 0 Å². The summed E-state index contributed by atoms with van der Waals surface area (Å²) in [6.07, 6.45) is 2.34. The summed E-state index contributed by atoms with van der Waals surface area (Å²) < 4.78 is 6.68. The molecule has 0 aliphatic rings. The van der Waals surface area contributed by atoms with Crippen molar-refractivity contribution in [1.82, 2.24) is 15.1 Å². The SMILES string of the molecule is COCCC(C)(C)CNCc1c(C(=O)O)cnn1C. The number of hydrogen-bond acceptors (Lipinski definition) is 4. The third-order valence-electron chi connectivity index (χ3n) is 3.17. The molecule has 0 spiro atoms. The fraction of sp³-hybridized carbons (Fsp3) is 0.692. The monoisotopic (exact) mass is 269 g/mol. The first-order valence-corrected chi connectivity index (χ1v) is 6.31. The largest absolute Gasteiger partial charge is 0.478 e. The van der Waals surface area contributed by atoms with Crippen molar-refractivity contribution in [2.24, 2.45) is 12.5 Å². The number of ether oxygens (including phenoxy) is 1. The van der Waals surface area contributed by atoms with Gasteiger partial charge in [-0.15, -0.1) is 0 Å². The molecule has 1 rings (SSSR count). The summed E-state index contributed by atoms with van der Waals surface area (Å²) in [6, 6.07) is 0. The summed E-state index contributed by atoms with van der Waals surface area (Å²) in [4.78, 5) is 11.0. The Morgan fingerprint density at radius 1 is 1.58 bits per heavy atom. The summed E-state index contributed by atoms with van der Waals surface area (Å²) in [6.45, 7) is 6.32. The van der Waals surface area contributed by atoms with Gasteiger partial charge in [-0.1, -0.05) is 13.8 Å². The Hall–Kier alpha value is -1.40. The van der Waals surface area contributed by atoms with Gasteiger partial charge in [0.1, 0.15) is 5.56 Å². The van der Waals surface area contributed by atoms with E-state index in [4.69, 9.17) is 9.84 Å². The molecule has 0 saturated heterocycles. The Morgan fingerprint density at radius 3 is 2.84 bits per heavy atom. The summed E-state index contributed by atoms with van der Waals surface area (Å²) in [5.74, 6) is -0.941. The fourth-order valence-corrected chi connectivity index (χ4v) is 1.84. The normalized spacial score (nSPS) is 11.8. The molecule has 0 atom stereocenters. The Kier molecular flexibility index (Phi) is 5.50. The predicted octanol–water partition coefficient (Wildman–Crippen LogP) is 1.27. The molecule has 1 aromatic heterocycles. The lowest BCUT2D eigenvalue weighted by atomic mass is 9.90. The number of aromatic nitrogens is 2. The van der Waals surface area contributed by atoms with Gasteiger partial charge in [-0.2, -0.15) is 5.10 Å². The lowest BCUT2D eigenvalue weighted by Gasteiger charge is -2.24. The van der Waals surface area contributed by atoms with E-state index in [1.54, 1.807) is 18.8 Å². The second-order valence-corrected chi connectivity index (χ2v) is 5.44. The van der Waals surface area contributed by atoms with Crippen LogP contribution in [0.3, 0.4) is 0 Å². The van der Waals surface area contributed by atoms with Crippen LogP contribution in [0.15, 0.2) is 6.20 Å². The first-order valence-electron chi connectivity index (χ1n) is 6.31. The minimum absolute atomic E-state index is 0.109. The zero-order valence-electron chi connectivity index (χ0n) is 12.1. The number of carboxylic acid groups (broad SMARTS) is 1. The maximum Gasteiger partial charge on any atom is 0.339 e. The minimum atomic E-state index is -0.941. The van der Waals surface area contributed by atoms with Crippen molar-refractivity contribution >= 4 is 5.97 Å². The summed E-state index contributed by atoms with van der Waals surface area (Å²) >= 11 is 0. The molecule has 2 N–H and O–H groups in total. The Balaban J connectivity index is 2.53. The van der Waals surface area contributed by atoms with Gasteiger partial charge in [0.2, 0.25) is 0 Å². The van der Waals surface area contributed by atoms with Crippen molar-refractivity contribution in [3.8, 4) is 0 Å². The second-order valence-electron chi connectivity index (χ2n) is 5.44. The average molecular weight is 269 g/mol. The van der Waals surface area contributed by atoms with Crippen molar-refractivity contribution in [2.45, 2.75) is 26.8 Å². The number of nitrogens with zero attached hydrogens (tertiary/aromatic N) is 2. The number of carbonyl (C=O) groups is 1. The van der Waals surface area contributed by atoms with Crippen LogP contribution < -0.4 is 5.32 Å². The van der Waals surface area contributed by atoms with Crippen LogP contribution in [0.4, 0.5) is 0 Å². The van der Waals surface area contributed by atoms with Crippen LogP contribution in [-0.2, 0) is 18.3 Å². The summed E-state index contributed by atoms with van der Waals surface area (Å²) in [5, 5.41) is 16.3. The molecule has 6 nitrogen and oxygen atoms in total. The topological polar surface area (TPSA) is 76.4 Å². The van der Waals surface area contributed by atoms with Crippen molar-refractivity contribution in [1.29, 1.82) is 0 Å². The molecule has 0 radical (unpaired) electrons. The van der Waals surface area contributed by atoms with E-state index in [2.05, 4.69) is 24.3 Å². The van der Waals surface area contributed by atoms with Gasteiger partial charge in [0.25, 0.3) is 0 Å². The first-order chi connectivity index (χ1) is 8.87. The van der Waals surface area contributed by atoms with Gasteiger partial charge < -0.3 is 15.2 Å². The van der Waals surface area contributed by atoms with Crippen molar-refractivity contribution in [2.75, 3.05) is 20.3 Å². The van der Waals surface area contributed by atoms with Gasteiger partial charge in [0.05, 0.1) is 11.9 Å². The van der Waals surface area contributed by atoms with E-state index in [1.807, 2.05) is 0 Å². The number of carboxylic acids is 1. The maximum atomic E-state index is 11.0. The third kappa shape index (κ3) is 4.65. The van der Waals surface area contributed by atoms with Crippen molar-refractivity contribution < 1.29 is 14.6 Å². The van der Waals surface area contributed by atoms with E-state index < -0.39 is 5.97 Å². The van der Waals surface area contributed by atoms with E-state index in [1.165, 1.54) is 6.20 Å². The quantitative estimate of drug-likeness (QED) is 0.743. The Morgan fingerprint density at radius 2 is 2.26 bits per heavy atom. The van der Waals surface area contributed by atoms with Gasteiger partial charge in [-0.25, -0.2) is 4.79 Å². The van der Waals surface area contributed by atoms with Crippen molar-refractivity contribution in [3.05, 3.63) is 17.5 Å². The molecular formula is C13H23N3O3. The van der Waals surface area contributed by atoms with Gasteiger partial charge in [-0.3, -0.25) is 4.68 Å². The number of aromatic carboxylic acids is 1. The molecule has 1 heterocycles. The third-order valence-corrected chi connectivity index (χ3v) is 3.17. The Labute approximate surface area is 113 Å². The number of aryl methyl sites for hydroxylation is 1. The second kappa shape index (κ2) is 6.68. The molecule has 0 aliphatic carbocycles. The maximum absolute atomic E-state index is 11.0. The number of rotatable bonds is 8. The lowest BCUT2D eigenvalue weighted by Crippen LogP contribution is -2.31. The zero-order chi connectivity index (χ0) is 14.5. The molecule has 0 unspecified atom stereocenters. The number of methoxy groups -OCH3 is 1. The standard InChI is InChI=1S/C13H23N3O3/c1-13(2,5-6-19-4)9-14-8-11-10(12(17)18)7-15-16(11)3/h7,14H,5-6,8-9H2,1-4H3,(H,17,18). The molecule has 108 valence electrons. The van der Waals surface area contributed by atoms with E-state index in [-0.39, 0.29) is 11.0 Å². The van der Waals surface area contributed by atoms with Gasteiger partial charge >= 0.3 is 5.97 Å². The van der Waals surface area contributed by atoms with Crippen LogP contribution in [0, 0.1) is 5.41 Å². The van der Waals surface area contributed by atoms with E-state index in [0.29, 0.717) is 12.2 Å². The first kappa shape index (κ1) is 15.7. The highest BCUT2D eigenvalue weighted by Gasteiger charge is 2.19. The van der Waals surface area contributed by atoms with Gasteiger partial charge in [0.15, 0.2) is 0 Å². The molecule has 0 aromatic carbocycles. The minimum Gasteiger partial charge on any atom is -0.478 e. The van der Waals surface area contributed by atoms with Gasteiger partial charge in [-0.05, 0) is 11.8 Å².